The van der Waals surface area contributed by atoms with Crippen molar-refractivity contribution in [1.29, 1.82) is 0 Å². The van der Waals surface area contributed by atoms with Crippen molar-refractivity contribution < 1.29 is 4.42 Å². The van der Waals surface area contributed by atoms with Crippen LogP contribution in [0, 0.1) is 0 Å². The van der Waals surface area contributed by atoms with Gasteiger partial charge in [-0.25, -0.2) is 0 Å². The molecule has 106 valence electrons. The summed E-state index contributed by atoms with van der Waals surface area (Å²) in [5.74, 6) is 0.507. The van der Waals surface area contributed by atoms with E-state index in [9.17, 15) is 0 Å². The van der Waals surface area contributed by atoms with E-state index in [1.165, 1.54) is 6.39 Å². The molecule has 0 aliphatic rings. The van der Waals surface area contributed by atoms with Crippen LogP contribution in [0.15, 0.2) is 57.7 Å². The number of aromatic nitrogens is 2. The monoisotopic (exact) mass is 363 g/mol. The molecule has 0 bridgehead atoms. The van der Waals surface area contributed by atoms with Crippen molar-refractivity contribution >= 4 is 33.2 Å². The lowest BCUT2D eigenvalue weighted by molar-refractivity contribution is 0.568. The van der Waals surface area contributed by atoms with E-state index in [4.69, 9.17) is 16.0 Å². The Morgan fingerprint density at radius 3 is 2.86 bits per heavy atom. The molecule has 0 aliphatic heterocycles. The molecule has 0 aliphatic carbocycles. The van der Waals surface area contributed by atoms with Gasteiger partial charge in [0.05, 0.1) is 5.02 Å². The summed E-state index contributed by atoms with van der Waals surface area (Å²) in [5, 5.41) is 11.6. The van der Waals surface area contributed by atoms with Gasteiger partial charge < -0.3 is 9.73 Å². The van der Waals surface area contributed by atoms with E-state index in [1.54, 1.807) is 0 Å². The number of hydrogen-bond donors (Lipinski definition) is 1. The fourth-order valence-electron chi connectivity index (χ4n) is 1.91. The summed E-state index contributed by atoms with van der Waals surface area (Å²) < 4.78 is 6.09. The van der Waals surface area contributed by atoms with Crippen molar-refractivity contribution in [3.05, 3.63) is 63.9 Å². The Balaban J connectivity index is 1.73. The molecule has 0 fully saturated rings. The van der Waals surface area contributed by atoms with Crippen molar-refractivity contribution in [2.45, 2.75) is 6.54 Å². The zero-order valence-corrected chi connectivity index (χ0v) is 13.2. The summed E-state index contributed by atoms with van der Waals surface area (Å²) in [7, 11) is 0. The summed E-state index contributed by atoms with van der Waals surface area (Å²) in [6.07, 6.45) is 1.32. The maximum atomic E-state index is 5.99. The molecule has 21 heavy (non-hydrogen) atoms. The molecular weight excluding hydrogens is 354 g/mol. The highest BCUT2D eigenvalue weighted by Gasteiger charge is 2.04. The quantitative estimate of drug-likeness (QED) is 0.725. The third-order valence-corrected chi connectivity index (χ3v) is 4.16. The Kier molecular flexibility index (Phi) is 4.22. The number of halogens is 2. The average molecular weight is 365 g/mol. The highest BCUT2D eigenvalue weighted by molar-refractivity contribution is 9.10. The van der Waals surface area contributed by atoms with Gasteiger partial charge in [0.2, 0.25) is 12.3 Å². The van der Waals surface area contributed by atoms with Crippen LogP contribution >= 0.6 is 27.5 Å². The predicted molar refractivity (Wildman–Crippen MR) is 86.2 cm³/mol. The smallest absolute Gasteiger partial charge is 0.247 e. The zero-order valence-electron chi connectivity index (χ0n) is 10.9. The summed E-state index contributed by atoms with van der Waals surface area (Å²) in [5.41, 5.74) is 3.00. The van der Waals surface area contributed by atoms with E-state index < -0.39 is 0 Å². The lowest BCUT2D eigenvalue weighted by atomic mass is 10.2. The number of nitrogens with one attached hydrogen (secondary N) is 1. The molecule has 0 saturated carbocycles. The van der Waals surface area contributed by atoms with Crippen LogP contribution < -0.4 is 5.32 Å². The van der Waals surface area contributed by atoms with Crippen LogP contribution in [0.2, 0.25) is 5.02 Å². The van der Waals surface area contributed by atoms with Gasteiger partial charge in [0.15, 0.2) is 0 Å². The second kappa shape index (κ2) is 6.28. The Morgan fingerprint density at radius 1 is 1.19 bits per heavy atom. The standard InChI is InChI=1S/C15H11BrClN3O/c16-13-6-10(4-5-14(13)17)8-18-12-3-1-2-11(7-12)15-20-19-9-21-15/h1-7,9,18H,8H2. The molecule has 0 atom stereocenters. The first-order valence-corrected chi connectivity index (χ1v) is 7.44. The van der Waals surface area contributed by atoms with E-state index >= 15 is 0 Å². The first kappa shape index (κ1) is 14.1. The van der Waals surface area contributed by atoms with E-state index in [2.05, 4.69) is 31.4 Å². The molecule has 0 spiro atoms. The molecular formula is C15H11BrClN3O. The summed E-state index contributed by atoms with van der Waals surface area (Å²) in [6, 6.07) is 13.7. The third-order valence-electron chi connectivity index (χ3n) is 2.95. The van der Waals surface area contributed by atoms with Crippen LogP contribution in [0.4, 0.5) is 5.69 Å². The van der Waals surface area contributed by atoms with Crippen LogP contribution in [0.3, 0.4) is 0 Å². The van der Waals surface area contributed by atoms with Crippen molar-refractivity contribution in [1.82, 2.24) is 10.2 Å². The van der Waals surface area contributed by atoms with Crippen LogP contribution in [0.25, 0.3) is 11.5 Å². The minimum atomic E-state index is 0.507. The van der Waals surface area contributed by atoms with Gasteiger partial charge >= 0.3 is 0 Å². The van der Waals surface area contributed by atoms with Gasteiger partial charge in [0.25, 0.3) is 0 Å². The Labute approximate surface area is 135 Å². The molecule has 6 heteroatoms. The molecule has 1 aromatic heterocycles. The van der Waals surface area contributed by atoms with Crippen LogP contribution in [-0.2, 0) is 6.54 Å². The molecule has 4 nitrogen and oxygen atoms in total. The zero-order chi connectivity index (χ0) is 14.7. The summed E-state index contributed by atoms with van der Waals surface area (Å²) in [6.45, 7) is 0.697. The normalized spacial score (nSPS) is 10.6. The van der Waals surface area contributed by atoms with Crippen LogP contribution in [-0.4, -0.2) is 10.2 Å². The first-order chi connectivity index (χ1) is 10.2. The fraction of sp³-hybridized carbons (Fsp3) is 0.0667. The number of hydrogen-bond acceptors (Lipinski definition) is 4. The lowest BCUT2D eigenvalue weighted by Gasteiger charge is -2.08. The van der Waals surface area contributed by atoms with E-state index in [1.807, 2.05) is 42.5 Å². The second-order valence-corrected chi connectivity index (χ2v) is 5.69. The van der Waals surface area contributed by atoms with Crippen LogP contribution in [0.5, 0.6) is 0 Å². The summed E-state index contributed by atoms with van der Waals surface area (Å²) in [4.78, 5) is 0. The van der Waals surface area contributed by atoms with Gasteiger partial charge in [-0.2, -0.15) is 0 Å². The average Bonchev–Trinajstić information content (AvgIpc) is 3.03. The van der Waals surface area contributed by atoms with Gasteiger partial charge in [-0.15, -0.1) is 10.2 Å². The molecule has 3 rings (SSSR count). The summed E-state index contributed by atoms with van der Waals surface area (Å²) >= 11 is 9.41. The molecule has 0 unspecified atom stereocenters. The molecule has 0 amide bonds. The number of benzene rings is 2. The minimum absolute atomic E-state index is 0.507. The van der Waals surface area contributed by atoms with Crippen molar-refractivity contribution in [2.24, 2.45) is 0 Å². The number of anilines is 1. The topological polar surface area (TPSA) is 51.0 Å². The molecule has 0 radical (unpaired) electrons. The molecule has 3 aromatic rings. The van der Waals surface area contributed by atoms with Gasteiger partial charge in [-0.05, 0) is 51.8 Å². The molecule has 0 saturated heterocycles. The van der Waals surface area contributed by atoms with Crippen molar-refractivity contribution in [2.75, 3.05) is 5.32 Å². The molecule has 2 aromatic carbocycles. The van der Waals surface area contributed by atoms with E-state index in [0.29, 0.717) is 17.5 Å². The Morgan fingerprint density at radius 2 is 2.10 bits per heavy atom. The second-order valence-electron chi connectivity index (χ2n) is 4.43. The lowest BCUT2D eigenvalue weighted by Crippen LogP contribution is -1.99. The largest absolute Gasteiger partial charge is 0.423 e. The Bertz CT molecular complexity index is 746. The highest BCUT2D eigenvalue weighted by atomic mass is 79.9. The SMILES string of the molecule is Clc1ccc(CNc2cccc(-c3nnco3)c2)cc1Br. The van der Waals surface area contributed by atoms with Gasteiger partial charge in [0.1, 0.15) is 0 Å². The maximum Gasteiger partial charge on any atom is 0.247 e. The minimum Gasteiger partial charge on any atom is -0.423 e. The van der Waals surface area contributed by atoms with Crippen molar-refractivity contribution in [3.8, 4) is 11.5 Å². The van der Waals surface area contributed by atoms with Gasteiger partial charge in [-0.3, -0.25) is 0 Å². The first-order valence-electron chi connectivity index (χ1n) is 6.27. The maximum absolute atomic E-state index is 5.99. The van der Waals surface area contributed by atoms with E-state index in [0.717, 1.165) is 21.3 Å². The van der Waals surface area contributed by atoms with Gasteiger partial charge in [0, 0.05) is 22.3 Å². The molecule has 1 heterocycles. The number of rotatable bonds is 4. The van der Waals surface area contributed by atoms with Crippen molar-refractivity contribution in [3.63, 3.8) is 0 Å². The predicted octanol–water partition coefficient (Wildman–Crippen LogP) is 4.76. The molecule has 1 N–H and O–H groups in total. The highest BCUT2D eigenvalue weighted by Crippen LogP contribution is 2.24. The van der Waals surface area contributed by atoms with Crippen LogP contribution in [0.1, 0.15) is 5.56 Å². The third kappa shape index (κ3) is 3.43. The van der Waals surface area contributed by atoms with Gasteiger partial charge in [-0.1, -0.05) is 23.7 Å². The van der Waals surface area contributed by atoms with E-state index in [-0.39, 0.29) is 0 Å². The fourth-order valence-corrected chi connectivity index (χ4v) is 2.46. The Hall–Kier alpha value is -1.85. The number of nitrogens with zero attached hydrogens (tertiary/aromatic N) is 2.